The first-order valence-electron chi connectivity index (χ1n) is 9.67. The van der Waals surface area contributed by atoms with Crippen molar-refractivity contribution < 1.29 is 19.2 Å². The van der Waals surface area contributed by atoms with Crippen LogP contribution in [0.4, 0.5) is 5.69 Å². The topological polar surface area (TPSA) is 108 Å². The number of nitro benzene ring substituents is 1. The molecule has 3 rings (SSSR count). The molecule has 9 nitrogen and oxygen atoms in total. The monoisotopic (exact) mass is 422 g/mol. The normalized spacial score (nSPS) is 10.5. The van der Waals surface area contributed by atoms with Gasteiger partial charge in [-0.25, -0.2) is 4.68 Å². The number of carbonyl (C=O) groups excluding carboxylic acids is 2. The molecule has 160 valence electrons. The average molecular weight is 422 g/mol. The van der Waals surface area contributed by atoms with E-state index in [0.717, 1.165) is 5.69 Å². The van der Waals surface area contributed by atoms with Crippen LogP contribution in [0.3, 0.4) is 0 Å². The summed E-state index contributed by atoms with van der Waals surface area (Å²) in [6.45, 7) is 1.80. The van der Waals surface area contributed by atoms with E-state index in [4.69, 9.17) is 4.74 Å². The summed E-state index contributed by atoms with van der Waals surface area (Å²) in [5.41, 5.74) is 2.61. The van der Waals surface area contributed by atoms with Gasteiger partial charge in [0.1, 0.15) is 6.54 Å². The van der Waals surface area contributed by atoms with Crippen molar-refractivity contribution in [1.29, 1.82) is 0 Å². The lowest BCUT2D eigenvalue weighted by Gasteiger charge is -2.16. The van der Waals surface area contributed by atoms with Gasteiger partial charge in [-0.3, -0.25) is 19.7 Å². The van der Waals surface area contributed by atoms with Crippen LogP contribution in [-0.4, -0.2) is 51.7 Å². The van der Waals surface area contributed by atoms with E-state index in [-0.39, 0.29) is 31.2 Å². The summed E-state index contributed by atoms with van der Waals surface area (Å²) in [5.74, 6) is -0.752. The standard InChI is InChI=1S/C22H22N4O5/c1-3-31-21(28)15-24(2)20(27)13-17-14-25(18-7-5-4-6-8-18)23-22(17)16-9-11-19(12-10-16)26(29)30/h4-12,14H,3,13,15H2,1-2H3. The predicted molar refractivity (Wildman–Crippen MR) is 114 cm³/mol. The summed E-state index contributed by atoms with van der Waals surface area (Å²) < 4.78 is 6.55. The zero-order chi connectivity index (χ0) is 22.4. The molecule has 0 fully saturated rings. The van der Waals surface area contributed by atoms with E-state index in [1.165, 1.54) is 24.1 Å². The molecule has 0 radical (unpaired) electrons. The van der Waals surface area contributed by atoms with Crippen molar-refractivity contribution in [2.75, 3.05) is 20.2 Å². The Kier molecular flexibility index (Phi) is 6.76. The molecule has 0 aliphatic heterocycles. The largest absolute Gasteiger partial charge is 0.465 e. The number of para-hydroxylation sites is 1. The van der Waals surface area contributed by atoms with E-state index in [1.807, 2.05) is 30.3 Å². The number of non-ortho nitro benzene ring substituents is 1. The lowest BCUT2D eigenvalue weighted by atomic mass is 10.1. The molecule has 9 heteroatoms. The van der Waals surface area contributed by atoms with Crippen molar-refractivity contribution in [3.05, 3.63) is 76.5 Å². The quantitative estimate of drug-likeness (QED) is 0.314. The van der Waals surface area contributed by atoms with Crippen LogP contribution in [0.1, 0.15) is 12.5 Å². The van der Waals surface area contributed by atoms with Crippen LogP contribution in [0.5, 0.6) is 0 Å². The van der Waals surface area contributed by atoms with Gasteiger partial charge in [-0.2, -0.15) is 5.10 Å². The number of rotatable bonds is 8. The van der Waals surface area contributed by atoms with Crippen molar-refractivity contribution in [1.82, 2.24) is 14.7 Å². The average Bonchev–Trinajstić information content (AvgIpc) is 3.18. The lowest BCUT2D eigenvalue weighted by Crippen LogP contribution is -2.34. The fourth-order valence-electron chi connectivity index (χ4n) is 3.02. The van der Waals surface area contributed by atoms with Gasteiger partial charge in [-0.05, 0) is 31.2 Å². The Balaban J connectivity index is 1.92. The molecule has 1 aromatic heterocycles. The minimum Gasteiger partial charge on any atom is -0.465 e. The molecular formula is C22H22N4O5. The molecule has 0 atom stereocenters. The van der Waals surface area contributed by atoms with Crippen LogP contribution in [0.2, 0.25) is 0 Å². The predicted octanol–water partition coefficient (Wildman–Crippen LogP) is 3.01. The van der Waals surface area contributed by atoms with E-state index in [0.29, 0.717) is 16.8 Å². The summed E-state index contributed by atoms with van der Waals surface area (Å²) in [7, 11) is 1.53. The molecule has 1 heterocycles. The highest BCUT2D eigenvalue weighted by molar-refractivity contribution is 5.84. The number of carbonyl (C=O) groups is 2. The van der Waals surface area contributed by atoms with Crippen molar-refractivity contribution in [3.8, 4) is 16.9 Å². The molecule has 31 heavy (non-hydrogen) atoms. The van der Waals surface area contributed by atoms with Crippen LogP contribution in [-0.2, 0) is 20.7 Å². The van der Waals surface area contributed by atoms with Gasteiger partial charge in [-0.15, -0.1) is 0 Å². The van der Waals surface area contributed by atoms with Crippen LogP contribution in [0.15, 0.2) is 60.8 Å². The third kappa shape index (κ3) is 5.33. The van der Waals surface area contributed by atoms with Crippen LogP contribution < -0.4 is 0 Å². The number of aromatic nitrogens is 2. The second kappa shape index (κ2) is 9.66. The number of ether oxygens (including phenoxy) is 1. The van der Waals surface area contributed by atoms with Gasteiger partial charge in [0.25, 0.3) is 5.69 Å². The fourth-order valence-corrected chi connectivity index (χ4v) is 3.02. The molecule has 0 N–H and O–H groups in total. The Morgan fingerprint density at radius 1 is 1.13 bits per heavy atom. The SMILES string of the molecule is CCOC(=O)CN(C)C(=O)Cc1cn(-c2ccccc2)nc1-c1ccc([N+](=O)[O-])cc1. The van der Waals surface area contributed by atoms with Crippen molar-refractivity contribution in [2.45, 2.75) is 13.3 Å². The van der Waals surface area contributed by atoms with Gasteiger partial charge in [0.05, 0.1) is 29.3 Å². The molecule has 0 saturated heterocycles. The maximum Gasteiger partial charge on any atom is 0.325 e. The van der Waals surface area contributed by atoms with Crippen LogP contribution in [0.25, 0.3) is 16.9 Å². The number of benzene rings is 2. The summed E-state index contributed by atoms with van der Waals surface area (Å²) in [4.78, 5) is 36.2. The third-order valence-corrected chi connectivity index (χ3v) is 4.60. The lowest BCUT2D eigenvalue weighted by molar-refractivity contribution is -0.384. The van der Waals surface area contributed by atoms with Crippen molar-refractivity contribution in [3.63, 3.8) is 0 Å². The Morgan fingerprint density at radius 3 is 2.42 bits per heavy atom. The smallest absolute Gasteiger partial charge is 0.325 e. The highest BCUT2D eigenvalue weighted by atomic mass is 16.6. The van der Waals surface area contributed by atoms with Crippen molar-refractivity contribution in [2.24, 2.45) is 0 Å². The number of esters is 1. The number of nitrogens with zero attached hydrogens (tertiary/aromatic N) is 4. The molecule has 0 unspecified atom stereocenters. The van der Waals surface area contributed by atoms with Gasteiger partial charge in [0.2, 0.25) is 5.91 Å². The van der Waals surface area contributed by atoms with Gasteiger partial charge in [0, 0.05) is 36.5 Å². The van der Waals surface area contributed by atoms with Gasteiger partial charge >= 0.3 is 5.97 Å². The summed E-state index contributed by atoms with van der Waals surface area (Å²) in [6, 6.07) is 15.4. The minimum atomic E-state index is -0.478. The molecule has 0 aliphatic carbocycles. The van der Waals surface area contributed by atoms with E-state index in [1.54, 1.807) is 29.9 Å². The number of hydrogen-bond acceptors (Lipinski definition) is 6. The van der Waals surface area contributed by atoms with Gasteiger partial charge in [0.15, 0.2) is 0 Å². The molecule has 0 aliphatic rings. The van der Waals surface area contributed by atoms with Gasteiger partial charge < -0.3 is 9.64 Å². The number of hydrogen-bond donors (Lipinski definition) is 0. The fraction of sp³-hybridized carbons (Fsp3) is 0.227. The highest BCUT2D eigenvalue weighted by Gasteiger charge is 2.20. The summed E-state index contributed by atoms with van der Waals surface area (Å²) >= 11 is 0. The van der Waals surface area contributed by atoms with Crippen LogP contribution >= 0.6 is 0 Å². The first kappa shape index (κ1) is 21.7. The first-order valence-corrected chi connectivity index (χ1v) is 9.67. The zero-order valence-electron chi connectivity index (χ0n) is 17.2. The van der Waals surface area contributed by atoms with E-state index in [2.05, 4.69) is 5.10 Å². The van der Waals surface area contributed by atoms with Gasteiger partial charge in [-0.1, -0.05) is 18.2 Å². The number of likely N-dealkylation sites (N-methyl/N-ethyl adjacent to an activating group) is 1. The Hall–Kier alpha value is -4.01. The molecule has 2 aromatic carbocycles. The molecule has 0 bridgehead atoms. The van der Waals surface area contributed by atoms with E-state index in [9.17, 15) is 19.7 Å². The molecule has 0 saturated carbocycles. The zero-order valence-corrected chi connectivity index (χ0v) is 17.2. The van der Waals surface area contributed by atoms with Crippen molar-refractivity contribution >= 4 is 17.6 Å². The molecule has 0 spiro atoms. The minimum absolute atomic E-state index is 0.00899. The Labute approximate surface area is 179 Å². The summed E-state index contributed by atoms with van der Waals surface area (Å²) in [5, 5.41) is 15.6. The van der Waals surface area contributed by atoms with Crippen LogP contribution in [0, 0.1) is 10.1 Å². The molecule has 1 amide bonds. The summed E-state index contributed by atoms with van der Waals surface area (Å²) in [6.07, 6.45) is 1.76. The second-order valence-electron chi connectivity index (χ2n) is 6.82. The Morgan fingerprint density at radius 2 is 1.81 bits per heavy atom. The Bertz CT molecular complexity index is 1080. The molecular weight excluding hydrogens is 400 g/mol. The van der Waals surface area contributed by atoms with E-state index < -0.39 is 10.9 Å². The number of amides is 1. The maximum absolute atomic E-state index is 12.7. The highest BCUT2D eigenvalue weighted by Crippen LogP contribution is 2.26. The number of nitro groups is 1. The third-order valence-electron chi connectivity index (χ3n) is 4.60. The van der Waals surface area contributed by atoms with E-state index >= 15 is 0 Å². The molecule has 3 aromatic rings. The first-order chi connectivity index (χ1) is 14.9. The second-order valence-corrected chi connectivity index (χ2v) is 6.82. The maximum atomic E-state index is 12.7.